The molecule has 1 aromatic heterocycles. The fourth-order valence-corrected chi connectivity index (χ4v) is 5.65. The Morgan fingerprint density at radius 1 is 0.868 bits per heavy atom. The second-order valence-corrected chi connectivity index (χ2v) is 13.3. The highest BCUT2D eigenvalue weighted by Crippen LogP contribution is 2.43. The average molecular weight is 766 g/mol. The highest BCUT2D eigenvalue weighted by molar-refractivity contribution is 6.36. The Kier molecular flexibility index (Phi) is 13.4. The molecule has 1 atom stereocenters. The van der Waals surface area contributed by atoms with Crippen molar-refractivity contribution in [3.05, 3.63) is 86.7 Å². The Balaban J connectivity index is 2.03. The molecule has 0 saturated carbocycles. The molecule has 2 aromatic carbocycles. The van der Waals surface area contributed by atoms with E-state index in [2.05, 4.69) is 15.6 Å². The maximum Gasteiger partial charge on any atom is 0.342 e. The number of allylic oxidation sites excluding steroid dienone is 1. The Labute approximate surface area is 318 Å². The van der Waals surface area contributed by atoms with Crippen LogP contribution in [0.2, 0.25) is 10.0 Å². The molecule has 0 bridgehead atoms. The van der Waals surface area contributed by atoms with E-state index in [0.29, 0.717) is 17.5 Å². The number of amides is 2. The maximum atomic E-state index is 13.8. The average Bonchev–Trinajstić information content (AvgIpc) is 3.65. The van der Waals surface area contributed by atoms with Crippen LogP contribution in [0.5, 0.6) is 0 Å². The molecule has 2 amide bonds. The summed E-state index contributed by atoms with van der Waals surface area (Å²) in [4.78, 5) is 74.2. The second-order valence-electron chi connectivity index (χ2n) is 12.5. The Morgan fingerprint density at radius 3 is 2.02 bits per heavy atom. The Morgan fingerprint density at radius 2 is 1.45 bits per heavy atom. The first-order valence-electron chi connectivity index (χ1n) is 17.2. The van der Waals surface area contributed by atoms with Gasteiger partial charge in [0, 0.05) is 38.7 Å². The number of carbonyl (C=O) groups is 5. The molecule has 0 aliphatic carbocycles. The largest absolute Gasteiger partial charge is 0.462 e. The molecule has 2 heterocycles. The van der Waals surface area contributed by atoms with E-state index in [1.54, 1.807) is 83.1 Å². The molecule has 0 fully saturated rings. The molecular formula is C39H42Cl2N4O8. The zero-order chi connectivity index (χ0) is 39.0. The lowest BCUT2D eigenvalue weighted by Crippen LogP contribution is -2.42. The summed E-state index contributed by atoms with van der Waals surface area (Å²) in [7, 11) is 0. The van der Waals surface area contributed by atoms with Gasteiger partial charge in [0.2, 0.25) is 5.91 Å². The van der Waals surface area contributed by atoms with Crippen molar-refractivity contribution in [2.24, 2.45) is 10.4 Å². The number of hydrogen-bond acceptors (Lipinski definition) is 9. The van der Waals surface area contributed by atoms with Crippen LogP contribution in [0.15, 0.2) is 64.8 Å². The number of amidine groups is 1. The van der Waals surface area contributed by atoms with Gasteiger partial charge < -0.3 is 29.8 Å². The van der Waals surface area contributed by atoms with Crippen molar-refractivity contribution in [2.45, 2.75) is 67.4 Å². The third-order valence-electron chi connectivity index (χ3n) is 8.45. The molecule has 0 spiro atoms. The molecule has 3 aromatic rings. The summed E-state index contributed by atoms with van der Waals surface area (Å²) >= 11 is 13.4. The fourth-order valence-electron chi connectivity index (χ4n) is 5.19. The van der Waals surface area contributed by atoms with Crippen molar-refractivity contribution in [3.63, 3.8) is 0 Å². The number of rotatable bonds is 13. The SMILES string of the molecule is CCOC(=O)C1=C(c2ccccc2Cl)C(=Cc2[nH]c(NC(=O)CC)c(C(=O)OCC)c2-c2ccccc2Cl)N=C1NC(=O)C(C)OC(=O)C(C)(C)CC. The summed E-state index contributed by atoms with van der Waals surface area (Å²) in [6.07, 6.45) is 0.865. The van der Waals surface area contributed by atoms with Gasteiger partial charge in [-0.05, 0) is 59.2 Å². The number of anilines is 1. The van der Waals surface area contributed by atoms with Gasteiger partial charge in [0.1, 0.15) is 22.8 Å². The van der Waals surface area contributed by atoms with Crippen molar-refractivity contribution in [3.8, 4) is 11.1 Å². The number of nitrogens with one attached hydrogen (secondary N) is 3. The van der Waals surface area contributed by atoms with E-state index in [9.17, 15) is 24.0 Å². The van der Waals surface area contributed by atoms with Crippen LogP contribution in [-0.4, -0.2) is 59.9 Å². The molecule has 3 N–H and O–H groups in total. The van der Waals surface area contributed by atoms with Crippen LogP contribution >= 0.6 is 23.2 Å². The lowest BCUT2D eigenvalue weighted by atomic mass is 9.90. The lowest BCUT2D eigenvalue weighted by Gasteiger charge is -2.23. The second kappa shape index (κ2) is 17.5. The van der Waals surface area contributed by atoms with Crippen molar-refractivity contribution >= 4 is 76.2 Å². The number of H-pyrrole nitrogens is 1. The standard InChI is InChI=1S/C39H42Cl2N4O8/c1-8-28(46)44-33-31(36(48)51-10-3)29(22-16-12-14-18-24(22)40)26(42-33)20-27-30(23-17-13-15-19-25(23)41)32(37(49)52-11-4)34(43-27)45-35(47)21(5)53-38(50)39(6,7)9-2/h12-21,42H,8-11H2,1-7H3,(H,44,46)(H,43,45,47). The zero-order valence-electron chi connectivity index (χ0n) is 30.6. The van der Waals surface area contributed by atoms with Crippen molar-refractivity contribution < 1.29 is 38.2 Å². The quantitative estimate of drug-likeness (QED) is 0.117. The van der Waals surface area contributed by atoms with Crippen LogP contribution in [0, 0.1) is 5.41 Å². The monoisotopic (exact) mass is 764 g/mol. The topological polar surface area (TPSA) is 165 Å². The molecule has 0 radical (unpaired) electrons. The van der Waals surface area contributed by atoms with Gasteiger partial charge in [-0.3, -0.25) is 14.4 Å². The van der Waals surface area contributed by atoms with E-state index in [4.69, 9.17) is 42.4 Å². The molecule has 0 saturated heterocycles. The van der Waals surface area contributed by atoms with Crippen LogP contribution in [0.25, 0.3) is 22.8 Å². The smallest absolute Gasteiger partial charge is 0.342 e. The summed E-state index contributed by atoms with van der Waals surface area (Å²) in [6, 6.07) is 13.5. The van der Waals surface area contributed by atoms with Gasteiger partial charge in [0.05, 0.1) is 30.0 Å². The van der Waals surface area contributed by atoms with Crippen LogP contribution in [-0.2, 0) is 33.4 Å². The third-order valence-corrected chi connectivity index (χ3v) is 9.11. The number of halogens is 2. The molecule has 1 unspecified atom stereocenters. The number of hydrogen-bond donors (Lipinski definition) is 3. The maximum absolute atomic E-state index is 13.8. The summed E-state index contributed by atoms with van der Waals surface area (Å²) in [5.41, 5.74) is 0.668. The molecule has 1 aliphatic heterocycles. The van der Waals surface area contributed by atoms with Gasteiger partial charge in [0.25, 0.3) is 5.91 Å². The van der Waals surface area contributed by atoms with E-state index in [1.165, 1.54) is 13.0 Å². The van der Waals surface area contributed by atoms with E-state index in [-0.39, 0.29) is 80.9 Å². The number of benzene rings is 2. The van der Waals surface area contributed by atoms with Gasteiger partial charge in [-0.2, -0.15) is 0 Å². The number of aromatic amines is 1. The van der Waals surface area contributed by atoms with E-state index < -0.39 is 35.3 Å². The van der Waals surface area contributed by atoms with Gasteiger partial charge in [-0.25, -0.2) is 14.6 Å². The minimum absolute atomic E-state index is 0.00337. The first-order valence-corrected chi connectivity index (χ1v) is 17.9. The normalized spacial score (nSPS) is 14.1. The first kappa shape index (κ1) is 40.6. The Bertz CT molecular complexity index is 2030. The first-order chi connectivity index (χ1) is 25.2. The summed E-state index contributed by atoms with van der Waals surface area (Å²) in [5, 5.41) is 5.93. The molecule has 12 nitrogen and oxygen atoms in total. The summed E-state index contributed by atoms with van der Waals surface area (Å²) in [5.74, 6) is -3.41. The van der Waals surface area contributed by atoms with Crippen LogP contribution in [0.3, 0.4) is 0 Å². The number of aromatic nitrogens is 1. The number of aliphatic imine (C=N–C) groups is 1. The van der Waals surface area contributed by atoms with Crippen LogP contribution in [0.4, 0.5) is 5.82 Å². The van der Waals surface area contributed by atoms with Crippen molar-refractivity contribution in [1.29, 1.82) is 0 Å². The fraction of sp³-hybridized carbons (Fsp3) is 0.333. The highest BCUT2D eigenvalue weighted by atomic mass is 35.5. The molecule has 14 heteroatoms. The van der Waals surface area contributed by atoms with Gasteiger partial charge in [-0.15, -0.1) is 0 Å². The molecule has 53 heavy (non-hydrogen) atoms. The third kappa shape index (κ3) is 9.06. The number of carbonyl (C=O) groups excluding carboxylic acids is 5. The Hall–Kier alpha value is -5.20. The van der Waals surface area contributed by atoms with Crippen LogP contribution in [0.1, 0.15) is 82.9 Å². The van der Waals surface area contributed by atoms with Gasteiger partial charge in [-0.1, -0.05) is 73.4 Å². The van der Waals surface area contributed by atoms with Crippen molar-refractivity contribution in [2.75, 3.05) is 18.5 Å². The number of nitrogens with zero attached hydrogens (tertiary/aromatic N) is 1. The predicted molar refractivity (Wildman–Crippen MR) is 204 cm³/mol. The van der Waals surface area contributed by atoms with E-state index in [0.717, 1.165) is 0 Å². The lowest BCUT2D eigenvalue weighted by molar-refractivity contribution is -0.163. The minimum atomic E-state index is -1.26. The number of ether oxygens (including phenoxy) is 3. The molecular weight excluding hydrogens is 723 g/mol. The predicted octanol–water partition coefficient (Wildman–Crippen LogP) is 7.77. The van der Waals surface area contributed by atoms with E-state index in [1.807, 2.05) is 6.92 Å². The van der Waals surface area contributed by atoms with Gasteiger partial charge >= 0.3 is 17.9 Å². The highest BCUT2D eigenvalue weighted by Gasteiger charge is 2.36. The number of esters is 3. The molecule has 280 valence electrons. The van der Waals surface area contributed by atoms with Crippen LogP contribution < -0.4 is 10.6 Å². The molecule has 1 aliphatic rings. The summed E-state index contributed by atoms with van der Waals surface area (Å²) in [6.45, 7) is 11.6. The van der Waals surface area contributed by atoms with Crippen molar-refractivity contribution in [1.82, 2.24) is 10.3 Å². The minimum Gasteiger partial charge on any atom is -0.462 e. The zero-order valence-corrected chi connectivity index (χ0v) is 32.1. The van der Waals surface area contributed by atoms with Gasteiger partial charge in [0.15, 0.2) is 6.10 Å². The summed E-state index contributed by atoms with van der Waals surface area (Å²) < 4.78 is 16.3. The molecule has 4 rings (SSSR count). The van der Waals surface area contributed by atoms with E-state index >= 15 is 0 Å².